The number of rotatable bonds is 7. The van der Waals surface area contributed by atoms with Gasteiger partial charge in [0, 0.05) is 51.5 Å². The molecule has 1 aromatic carbocycles. The Morgan fingerprint density at radius 3 is 2.54 bits per heavy atom. The minimum Gasteiger partial charge on any atom is -0.463 e. The molecule has 3 rings (SSSR count). The van der Waals surface area contributed by atoms with E-state index in [0.717, 1.165) is 29.7 Å². The van der Waals surface area contributed by atoms with Crippen molar-refractivity contribution in [2.45, 2.75) is 47.1 Å². The van der Waals surface area contributed by atoms with Gasteiger partial charge in [0.2, 0.25) is 0 Å². The summed E-state index contributed by atoms with van der Waals surface area (Å²) in [5.41, 5.74) is 4.16. The molecule has 2 N–H and O–H groups in total. The fraction of sp³-hybridized carbons (Fsp3) is 0.577. The highest BCUT2D eigenvalue weighted by Crippen LogP contribution is 2.34. The van der Waals surface area contributed by atoms with Crippen LogP contribution in [0.1, 0.15) is 49.9 Å². The number of benzene rings is 1. The Balaban J connectivity index is 1.99. The molecule has 0 radical (unpaired) electrons. The number of hydrogen-bond acceptors (Lipinski definition) is 5. The lowest BCUT2D eigenvalue weighted by Crippen LogP contribution is -2.51. The van der Waals surface area contributed by atoms with Crippen molar-refractivity contribution >= 4 is 18.0 Å². The van der Waals surface area contributed by atoms with Crippen molar-refractivity contribution in [2.75, 3.05) is 52.4 Å². The zero-order valence-electron chi connectivity index (χ0n) is 21.6. The second kappa shape index (κ2) is 12.1. The number of hydrogen-bond donors (Lipinski definition) is 2. The number of amides is 4. The van der Waals surface area contributed by atoms with Gasteiger partial charge in [0.05, 0.1) is 18.2 Å². The van der Waals surface area contributed by atoms with Crippen LogP contribution >= 0.6 is 0 Å². The highest BCUT2D eigenvalue weighted by atomic mass is 16.5. The van der Waals surface area contributed by atoms with Gasteiger partial charge in [-0.15, -0.1) is 0 Å². The smallest absolute Gasteiger partial charge is 0.338 e. The van der Waals surface area contributed by atoms with Gasteiger partial charge in [-0.05, 0) is 52.2 Å². The number of carbonyl (C=O) groups is 3. The minimum absolute atomic E-state index is 0.0529. The van der Waals surface area contributed by atoms with Gasteiger partial charge in [-0.2, -0.15) is 0 Å². The molecule has 1 aromatic rings. The first kappa shape index (κ1) is 26.5. The van der Waals surface area contributed by atoms with Gasteiger partial charge in [0.1, 0.15) is 0 Å². The van der Waals surface area contributed by atoms with Crippen LogP contribution in [-0.2, 0) is 9.53 Å². The number of urea groups is 2. The van der Waals surface area contributed by atoms with E-state index < -0.39 is 12.0 Å². The number of nitrogens with zero attached hydrogens (tertiary/aromatic N) is 3. The average molecular weight is 486 g/mol. The summed E-state index contributed by atoms with van der Waals surface area (Å²) in [4.78, 5) is 44.5. The van der Waals surface area contributed by atoms with Crippen LogP contribution in [0.4, 0.5) is 9.59 Å². The summed E-state index contributed by atoms with van der Waals surface area (Å²) >= 11 is 0. The van der Waals surface area contributed by atoms with E-state index in [1.807, 2.05) is 44.7 Å². The first-order valence-corrected chi connectivity index (χ1v) is 12.6. The van der Waals surface area contributed by atoms with Gasteiger partial charge in [-0.25, -0.2) is 14.4 Å². The minimum atomic E-state index is -0.584. The van der Waals surface area contributed by atoms with Crippen molar-refractivity contribution < 1.29 is 19.1 Å². The summed E-state index contributed by atoms with van der Waals surface area (Å²) < 4.78 is 5.49. The highest BCUT2D eigenvalue weighted by molar-refractivity contribution is 5.95. The number of carbonyl (C=O) groups excluding carboxylic acids is 3. The Kier molecular flexibility index (Phi) is 9.14. The van der Waals surface area contributed by atoms with Crippen molar-refractivity contribution in [2.24, 2.45) is 0 Å². The van der Waals surface area contributed by atoms with Crippen molar-refractivity contribution in [1.29, 1.82) is 0 Å². The molecule has 2 aliphatic rings. The maximum Gasteiger partial charge on any atom is 0.338 e. The van der Waals surface area contributed by atoms with E-state index in [-0.39, 0.29) is 18.7 Å². The molecule has 192 valence electrons. The van der Waals surface area contributed by atoms with E-state index in [4.69, 9.17) is 4.74 Å². The van der Waals surface area contributed by atoms with Crippen molar-refractivity contribution in [3.63, 3.8) is 0 Å². The average Bonchev–Trinajstić information content (AvgIpc) is 3.05. The molecular weight excluding hydrogens is 446 g/mol. The molecule has 35 heavy (non-hydrogen) atoms. The number of nitrogens with one attached hydrogen (secondary N) is 2. The highest BCUT2D eigenvalue weighted by Gasteiger charge is 2.39. The predicted molar refractivity (Wildman–Crippen MR) is 135 cm³/mol. The molecule has 1 fully saturated rings. The molecule has 1 saturated heterocycles. The van der Waals surface area contributed by atoms with Crippen LogP contribution in [0.25, 0.3) is 0 Å². The zero-order chi connectivity index (χ0) is 25.5. The Hall–Kier alpha value is -3.07. The van der Waals surface area contributed by atoms with Crippen LogP contribution < -0.4 is 10.6 Å². The van der Waals surface area contributed by atoms with E-state index in [0.29, 0.717) is 50.5 Å². The molecule has 2 aliphatic heterocycles. The van der Waals surface area contributed by atoms with Crippen molar-refractivity contribution in [3.8, 4) is 0 Å². The molecule has 1 atom stereocenters. The normalized spacial score (nSPS) is 19.3. The molecule has 0 bridgehead atoms. The van der Waals surface area contributed by atoms with Gasteiger partial charge >= 0.3 is 18.0 Å². The summed E-state index contributed by atoms with van der Waals surface area (Å²) in [6, 6.07) is 5.17. The molecule has 0 aromatic heterocycles. The molecular formula is C26H39N5O4. The molecule has 4 amide bonds. The van der Waals surface area contributed by atoms with Crippen LogP contribution in [0.5, 0.6) is 0 Å². The summed E-state index contributed by atoms with van der Waals surface area (Å²) in [6.45, 7) is 14.0. The quantitative estimate of drug-likeness (QED) is 0.579. The van der Waals surface area contributed by atoms with Gasteiger partial charge in [-0.3, -0.25) is 9.80 Å². The van der Waals surface area contributed by atoms with Gasteiger partial charge in [-0.1, -0.05) is 23.8 Å². The molecule has 0 spiro atoms. The summed E-state index contributed by atoms with van der Waals surface area (Å²) in [5.74, 6) is -0.412. The lowest BCUT2D eigenvalue weighted by molar-refractivity contribution is -0.139. The maximum atomic E-state index is 13.3. The monoisotopic (exact) mass is 485 g/mol. The number of likely N-dealkylation sites (N-methyl/N-ethyl adjacent to an activating group) is 1. The topological polar surface area (TPSA) is 94.2 Å². The van der Waals surface area contributed by atoms with E-state index in [9.17, 15) is 14.4 Å². The second-order valence-electron chi connectivity index (χ2n) is 9.02. The number of esters is 1. The fourth-order valence-electron chi connectivity index (χ4n) is 4.85. The fourth-order valence-corrected chi connectivity index (χ4v) is 4.85. The molecule has 0 aliphatic carbocycles. The maximum absolute atomic E-state index is 13.3. The molecule has 1 unspecified atom stereocenters. The number of ether oxygens (including phenoxy) is 1. The van der Waals surface area contributed by atoms with Crippen molar-refractivity contribution in [3.05, 3.63) is 46.2 Å². The Bertz CT molecular complexity index is 976. The SMILES string of the molecule is CCNC(=O)N1CCCN(CC2=C(C(=O)OCC)C(c3ccc(C)cc3C)NC(=O)N2CC)CC1. The van der Waals surface area contributed by atoms with E-state index >= 15 is 0 Å². The Morgan fingerprint density at radius 2 is 1.89 bits per heavy atom. The second-order valence-corrected chi connectivity index (χ2v) is 9.02. The first-order chi connectivity index (χ1) is 16.8. The Morgan fingerprint density at radius 1 is 1.11 bits per heavy atom. The third kappa shape index (κ3) is 6.14. The molecule has 0 saturated carbocycles. The van der Waals surface area contributed by atoms with E-state index in [2.05, 4.69) is 21.6 Å². The molecule has 2 heterocycles. The van der Waals surface area contributed by atoms with Crippen LogP contribution in [0, 0.1) is 13.8 Å². The first-order valence-electron chi connectivity index (χ1n) is 12.6. The zero-order valence-corrected chi connectivity index (χ0v) is 21.6. The van der Waals surface area contributed by atoms with Crippen LogP contribution in [0.15, 0.2) is 29.5 Å². The van der Waals surface area contributed by atoms with E-state index in [1.165, 1.54) is 0 Å². The number of aryl methyl sites for hydroxylation is 2. The molecule has 9 heteroatoms. The largest absolute Gasteiger partial charge is 0.463 e. The van der Waals surface area contributed by atoms with Crippen LogP contribution in [0.2, 0.25) is 0 Å². The third-order valence-corrected chi connectivity index (χ3v) is 6.56. The standard InChI is InChI=1S/C26H39N5O4/c1-6-27-25(33)30-13-9-12-29(14-15-30)17-21-22(24(32)35-8-3)23(28-26(34)31(21)7-2)20-11-10-18(4)16-19(20)5/h10-11,16,23H,6-9,12-15,17H2,1-5H3,(H,27,33)(H,28,34). The van der Waals surface area contributed by atoms with Crippen LogP contribution in [-0.4, -0.2) is 85.2 Å². The van der Waals surface area contributed by atoms with Crippen molar-refractivity contribution in [1.82, 2.24) is 25.3 Å². The third-order valence-electron chi connectivity index (χ3n) is 6.56. The summed E-state index contributed by atoms with van der Waals surface area (Å²) in [5, 5.41) is 5.91. The van der Waals surface area contributed by atoms with Gasteiger partial charge < -0.3 is 20.3 Å². The van der Waals surface area contributed by atoms with E-state index in [1.54, 1.807) is 11.8 Å². The van der Waals surface area contributed by atoms with Gasteiger partial charge in [0.15, 0.2) is 0 Å². The predicted octanol–water partition coefficient (Wildman–Crippen LogP) is 2.94. The van der Waals surface area contributed by atoms with Gasteiger partial charge in [0.25, 0.3) is 0 Å². The Labute approximate surface area is 208 Å². The summed E-state index contributed by atoms with van der Waals surface area (Å²) in [6.07, 6.45) is 0.817. The summed E-state index contributed by atoms with van der Waals surface area (Å²) in [7, 11) is 0. The lowest BCUT2D eigenvalue weighted by atomic mass is 9.90. The molecule has 9 nitrogen and oxygen atoms in total. The lowest BCUT2D eigenvalue weighted by Gasteiger charge is -2.38. The van der Waals surface area contributed by atoms with Crippen LogP contribution in [0.3, 0.4) is 0 Å².